The standard InChI is InChI=1S/C18H17N3O3S/c1-24-13-6-2-11(3-7-13)15-8-14-17(25-15)18(23)21(10-19-14)9-16(22)20-12-4-5-12/h2-3,6-8,10,12H,4-5,9H2,1H3,(H,20,22). The number of hydrogen-bond donors (Lipinski definition) is 1. The maximum absolute atomic E-state index is 12.6. The average Bonchev–Trinajstić information content (AvgIpc) is 3.32. The zero-order valence-corrected chi connectivity index (χ0v) is 14.5. The van der Waals surface area contributed by atoms with E-state index in [1.807, 2.05) is 30.3 Å². The lowest BCUT2D eigenvalue weighted by atomic mass is 10.2. The summed E-state index contributed by atoms with van der Waals surface area (Å²) in [5, 5.41) is 2.88. The van der Waals surface area contributed by atoms with Crippen molar-refractivity contribution in [1.82, 2.24) is 14.9 Å². The average molecular weight is 355 g/mol. The Bertz CT molecular complexity index is 987. The molecule has 0 aliphatic heterocycles. The van der Waals surface area contributed by atoms with Gasteiger partial charge < -0.3 is 10.1 Å². The van der Waals surface area contributed by atoms with Crippen LogP contribution in [0.2, 0.25) is 0 Å². The third-order valence-corrected chi connectivity index (χ3v) is 5.30. The fourth-order valence-corrected chi connectivity index (χ4v) is 3.68. The summed E-state index contributed by atoms with van der Waals surface area (Å²) >= 11 is 1.39. The molecule has 1 amide bonds. The van der Waals surface area contributed by atoms with Crippen molar-refractivity contribution in [2.24, 2.45) is 0 Å². The number of amides is 1. The van der Waals surface area contributed by atoms with Crippen LogP contribution in [0.4, 0.5) is 0 Å². The van der Waals surface area contributed by atoms with E-state index in [2.05, 4.69) is 10.3 Å². The first-order valence-corrected chi connectivity index (χ1v) is 8.88. The molecule has 25 heavy (non-hydrogen) atoms. The molecule has 1 fully saturated rings. The molecule has 6 nitrogen and oxygen atoms in total. The maximum atomic E-state index is 12.6. The van der Waals surface area contributed by atoms with Crippen molar-refractivity contribution in [2.75, 3.05) is 7.11 Å². The zero-order chi connectivity index (χ0) is 17.4. The van der Waals surface area contributed by atoms with Gasteiger partial charge in [-0.15, -0.1) is 11.3 Å². The number of carbonyl (C=O) groups is 1. The monoisotopic (exact) mass is 355 g/mol. The molecule has 1 aliphatic carbocycles. The fourth-order valence-electron chi connectivity index (χ4n) is 2.61. The molecule has 0 unspecified atom stereocenters. The summed E-state index contributed by atoms with van der Waals surface area (Å²) in [6, 6.07) is 9.85. The number of nitrogens with one attached hydrogen (secondary N) is 1. The Kier molecular flexibility index (Phi) is 4.01. The predicted octanol–water partition coefficient (Wildman–Crippen LogP) is 2.41. The van der Waals surface area contributed by atoms with Gasteiger partial charge >= 0.3 is 0 Å². The Morgan fingerprint density at radius 1 is 1.36 bits per heavy atom. The van der Waals surface area contributed by atoms with E-state index < -0.39 is 0 Å². The van der Waals surface area contributed by atoms with Crippen LogP contribution in [0.3, 0.4) is 0 Å². The third kappa shape index (κ3) is 3.28. The molecule has 0 spiro atoms. The third-order valence-electron chi connectivity index (χ3n) is 4.13. The minimum atomic E-state index is -0.180. The molecule has 1 N–H and O–H groups in total. The van der Waals surface area contributed by atoms with E-state index in [1.165, 1.54) is 22.2 Å². The molecular weight excluding hydrogens is 338 g/mol. The van der Waals surface area contributed by atoms with Crippen molar-refractivity contribution in [3.63, 3.8) is 0 Å². The zero-order valence-electron chi connectivity index (χ0n) is 13.7. The summed E-state index contributed by atoms with van der Waals surface area (Å²) in [4.78, 5) is 29.9. The molecule has 3 aromatic rings. The molecule has 0 saturated heterocycles. The van der Waals surface area contributed by atoms with Crippen LogP contribution in [0.25, 0.3) is 20.7 Å². The van der Waals surface area contributed by atoms with Crippen LogP contribution in [-0.4, -0.2) is 28.6 Å². The minimum absolute atomic E-state index is 0.00798. The molecular formula is C18H17N3O3S. The van der Waals surface area contributed by atoms with Gasteiger partial charge in [0.1, 0.15) is 17.0 Å². The predicted molar refractivity (Wildman–Crippen MR) is 97.0 cm³/mol. The van der Waals surface area contributed by atoms with E-state index in [1.54, 1.807) is 7.11 Å². The van der Waals surface area contributed by atoms with Crippen LogP contribution in [0, 0.1) is 0 Å². The van der Waals surface area contributed by atoms with Gasteiger partial charge in [-0.1, -0.05) is 0 Å². The second-order valence-corrected chi connectivity index (χ2v) is 7.13. The van der Waals surface area contributed by atoms with Gasteiger partial charge in [0.05, 0.1) is 19.0 Å². The minimum Gasteiger partial charge on any atom is -0.497 e. The highest BCUT2D eigenvalue weighted by Crippen LogP contribution is 2.31. The molecule has 1 aromatic carbocycles. The van der Waals surface area contributed by atoms with Gasteiger partial charge in [-0.25, -0.2) is 4.98 Å². The van der Waals surface area contributed by atoms with Crippen LogP contribution >= 0.6 is 11.3 Å². The number of fused-ring (bicyclic) bond motifs is 1. The van der Waals surface area contributed by atoms with Gasteiger partial charge in [0.2, 0.25) is 5.91 Å². The molecule has 7 heteroatoms. The molecule has 0 bridgehead atoms. The normalized spacial score (nSPS) is 13.8. The highest BCUT2D eigenvalue weighted by Gasteiger charge is 2.23. The molecule has 1 aliphatic rings. The SMILES string of the molecule is COc1ccc(-c2cc3ncn(CC(=O)NC4CC4)c(=O)c3s2)cc1. The van der Waals surface area contributed by atoms with E-state index in [-0.39, 0.29) is 24.1 Å². The number of methoxy groups -OCH3 is 1. The van der Waals surface area contributed by atoms with Gasteiger partial charge in [-0.05, 0) is 48.7 Å². The van der Waals surface area contributed by atoms with Crippen molar-refractivity contribution in [3.05, 3.63) is 47.0 Å². The second-order valence-electron chi connectivity index (χ2n) is 6.07. The summed E-state index contributed by atoms with van der Waals surface area (Å²) in [5.41, 5.74) is 1.47. The molecule has 0 atom stereocenters. The molecule has 2 aromatic heterocycles. The van der Waals surface area contributed by atoms with Gasteiger partial charge in [0.15, 0.2) is 0 Å². The number of nitrogens with zero attached hydrogens (tertiary/aromatic N) is 2. The quantitative estimate of drug-likeness (QED) is 0.763. The summed E-state index contributed by atoms with van der Waals surface area (Å²) in [5.74, 6) is 0.643. The Morgan fingerprint density at radius 3 is 2.80 bits per heavy atom. The maximum Gasteiger partial charge on any atom is 0.271 e. The summed E-state index contributed by atoms with van der Waals surface area (Å²) in [7, 11) is 1.63. The first-order chi connectivity index (χ1) is 12.1. The van der Waals surface area contributed by atoms with Crippen LogP contribution in [-0.2, 0) is 11.3 Å². The fraction of sp³-hybridized carbons (Fsp3) is 0.278. The molecule has 2 heterocycles. The Morgan fingerprint density at radius 2 is 2.12 bits per heavy atom. The Balaban J connectivity index is 1.64. The van der Waals surface area contributed by atoms with Gasteiger partial charge in [0, 0.05) is 10.9 Å². The number of carbonyl (C=O) groups excluding carboxylic acids is 1. The summed E-state index contributed by atoms with van der Waals surface area (Å²) < 4.78 is 7.10. The van der Waals surface area contributed by atoms with E-state index in [0.717, 1.165) is 29.0 Å². The Labute approximate surface area is 148 Å². The number of ether oxygens (including phenoxy) is 1. The highest BCUT2D eigenvalue weighted by molar-refractivity contribution is 7.22. The van der Waals surface area contributed by atoms with Crippen molar-refractivity contribution < 1.29 is 9.53 Å². The lowest BCUT2D eigenvalue weighted by Crippen LogP contribution is -2.33. The lowest BCUT2D eigenvalue weighted by molar-refractivity contribution is -0.121. The summed E-state index contributed by atoms with van der Waals surface area (Å²) in [6.07, 6.45) is 3.49. The van der Waals surface area contributed by atoms with Gasteiger partial charge in [-0.2, -0.15) is 0 Å². The first kappa shape index (κ1) is 15.8. The lowest BCUT2D eigenvalue weighted by Gasteiger charge is -2.05. The smallest absolute Gasteiger partial charge is 0.271 e. The number of benzene rings is 1. The van der Waals surface area contributed by atoms with Gasteiger partial charge in [-0.3, -0.25) is 14.2 Å². The van der Waals surface area contributed by atoms with E-state index in [9.17, 15) is 9.59 Å². The number of aromatic nitrogens is 2. The molecule has 1 saturated carbocycles. The number of rotatable bonds is 5. The van der Waals surface area contributed by atoms with Gasteiger partial charge in [0.25, 0.3) is 5.56 Å². The van der Waals surface area contributed by atoms with Crippen molar-refractivity contribution in [1.29, 1.82) is 0 Å². The first-order valence-electron chi connectivity index (χ1n) is 8.07. The van der Waals surface area contributed by atoms with Crippen molar-refractivity contribution >= 4 is 27.5 Å². The summed E-state index contributed by atoms with van der Waals surface area (Å²) in [6.45, 7) is 0.00798. The van der Waals surface area contributed by atoms with Crippen LogP contribution in [0.1, 0.15) is 12.8 Å². The number of thiophene rings is 1. The van der Waals surface area contributed by atoms with Crippen molar-refractivity contribution in [2.45, 2.75) is 25.4 Å². The second kappa shape index (κ2) is 6.33. The van der Waals surface area contributed by atoms with E-state index >= 15 is 0 Å². The number of hydrogen-bond acceptors (Lipinski definition) is 5. The molecule has 0 radical (unpaired) electrons. The Hall–Kier alpha value is -2.67. The van der Waals surface area contributed by atoms with Crippen LogP contribution < -0.4 is 15.6 Å². The van der Waals surface area contributed by atoms with Crippen LogP contribution in [0.5, 0.6) is 5.75 Å². The highest BCUT2D eigenvalue weighted by atomic mass is 32.1. The molecule has 4 rings (SSSR count). The van der Waals surface area contributed by atoms with E-state index in [4.69, 9.17) is 4.74 Å². The van der Waals surface area contributed by atoms with Crippen LogP contribution in [0.15, 0.2) is 41.5 Å². The topological polar surface area (TPSA) is 73.2 Å². The largest absolute Gasteiger partial charge is 0.497 e. The molecule has 128 valence electrons. The van der Waals surface area contributed by atoms with Crippen molar-refractivity contribution in [3.8, 4) is 16.2 Å². The van der Waals surface area contributed by atoms with E-state index in [0.29, 0.717) is 10.2 Å².